The molecule has 8 heteroatoms. The Morgan fingerprint density at radius 3 is 2.24 bits per heavy atom. The fraction of sp³-hybridized carbons (Fsp3) is 0.846. The Balaban J connectivity index is 2.58. The number of rotatable bonds is 7. The summed E-state index contributed by atoms with van der Waals surface area (Å²) in [6, 6.07) is 0. The molecule has 0 radical (unpaired) electrons. The Labute approximate surface area is 126 Å². The maximum atomic E-state index is 12.2. The number of hydrogen-bond acceptors (Lipinski definition) is 4. The molecule has 0 aromatic heterocycles. The molecule has 0 aliphatic carbocycles. The van der Waals surface area contributed by atoms with Crippen LogP contribution >= 0.6 is 0 Å². The molecule has 1 aliphatic rings. The molecule has 1 saturated heterocycles. The van der Waals surface area contributed by atoms with E-state index in [2.05, 4.69) is 0 Å². The monoisotopic (exact) mass is 319 g/mol. The van der Waals surface area contributed by atoms with Gasteiger partial charge in [-0.1, -0.05) is 13.8 Å². The van der Waals surface area contributed by atoms with E-state index >= 15 is 0 Å². The zero-order valence-corrected chi connectivity index (χ0v) is 13.8. The third-order valence-corrected chi connectivity index (χ3v) is 4.80. The molecular weight excluding hydrogens is 294 g/mol. The first-order valence-electron chi connectivity index (χ1n) is 7.16. The standard InChI is InChI=1S/C13H25N3O4S/c1-12(2)4-5-16(21(3,19)20)10-13(18)15-8-6-14(11-17)7-9-15/h11-12H,4-10H2,1-3H3. The van der Waals surface area contributed by atoms with Crippen LogP contribution in [0.5, 0.6) is 0 Å². The predicted molar refractivity (Wildman–Crippen MR) is 80.1 cm³/mol. The average molecular weight is 319 g/mol. The maximum Gasteiger partial charge on any atom is 0.238 e. The molecule has 0 spiro atoms. The van der Waals surface area contributed by atoms with Gasteiger partial charge in [0.1, 0.15) is 0 Å². The summed E-state index contributed by atoms with van der Waals surface area (Å²) in [6.45, 7) is 6.18. The van der Waals surface area contributed by atoms with Crippen molar-refractivity contribution in [2.45, 2.75) is 20.3 Å². The SMILES string of the molecule is CC(C)CCN(CC(=O)N1CCN(C=O)CC1)S(C)(=O)=O. The van der Waals surface area contributed by atoms with Crippen molar-refractivity contribution in [2.24, 2.45) is 5.92 Å². The van der Waals surface area contributed by atoms with Gasteiger partial charge in [0.05, 0.1) is 12.8 Å². The summed E-state index contributed by atoms with van der Waals surface area (Å²) < 4.78 is 24.8. The zero-order chi connectivity index (χ0) is 16.0. The Morgan fingerprint density at radius 2 is 1.81 bits per heavy atom. The second kappa shape index (κ2) is 7.74. The van der Waals surface area contributed by atoms with Gasteiger partial charge in [0, 0.05) is 32.7 Å². The smallest absolute Gasteiger partial charge is 0.238 e. The number of hydrogen-bond donors (Lipinski definition) is 0. The fourth-order valence-corrected chi connectivity index (χ4v) is 2.87. The summed E-state index contributed by atoms with van der Waals surface area (Å²) in [5, 5.41) is 0. The molecule has 0 bridgehead atoms. The van der Waals surface area contributed by atoms with Crippen LogP contribution in [0.15, 0.2) is 0 Å². The van der Waals surface area contributed by atoms with Crippen molar-refractivity contribution >= 4 is 22.3 Å². The van der Waals surface area contributed by atoms with Crippen molar-refractivity contribution in [2.75, 3.05) is 45.5 Å². The number of piperazine rings is 1. The summed E-state index contributed by atoms with van der Waals surface area (Å²) in [5.41, 5.74) is 0. The largest absolute Gasteiger partial charge is 0.342 e. The van der Waals surface area contributed by atoms with Crippen LogP contribution in [0.2, 0.25) is 0 Å². The quantitative estimate of drug-likeness (QED) is 0.598. The van der Waals surface area contributed by atoms with E-state index in [-0.39, 0.29) is 12.5 Å². The molecule has 0 unspecified atom stereocenters. The highest BCUT2D eigenvalue weighted by molar-refractivity contribution is 7.88. The van der Waals surface area contributed by atoms with Crippen LogP contribution in [0.3, 0.4) is 0 Å². The summed E-state index contributed by atoms with van der Waals surface area (Å²) in [4.78, 5) is 26.1. The van der Waals surface area contributed by atoms with Gasteiger partial charge in [0.2, 0.25) is 22.3 Å². The third kappa shape index (κ3) is 6.01. The third-order valence-electron chi connectivity index (χ3n) is 3.55. The maximum absolute atomic E-state index is 12.2. The van der Waals surface area contributed by atoms with Crippen LogP contribution in [-0.2, 0) is 19.6 Å². The van der Waals surface area contributed by atoms with E-state index in [9.17, 15) is 18.0 Å². The summed E-state index contributed by atoms with van der Waals surface area (Å²) in [5.74, 6) is 0.176. The first kappa shape index (κ1) is 17.9. The molecule has 0 aromatic rings. The number of carbonyl (C=O) groups is 2. The Hall–Kier alpha value is -1.15. The molecule has 0 aromatic carbocycles. The number of amides is 2. The lowest BCUT2D eigenvalue weighted by atomic mass is 10.1. The van der Waals surface area contributed by atoms with Gasteiger partial charge in [-0.15, -0.1) is 0 Å². The molecule has 2 amide bonds. The van der Waals surface area contributed by atoms with Crippen LogP contribution in [0.4, 0.5) is 0 Å². The van der Waals surface area contributed by atoms with E-state index < -0.39 is 10.0 Å². The highest BCUT2D eigenvalue weighted by Gasteiger charge is 2.25. The van der Waals surface area contributed by atoms with Crippen molar-refractivity contribution in [3.05, 3.63) is 0 Å². The van der Waals surface area contributed by atoms with E-state index in [1.807, 2.05) is 13.8 Å². The van der Waals surface area contributed by atoms with Gasteiger partial charge in [-0.25, -0.2) is 8.42 Å². The van der Waals surface area contributed by atoms with Gasteiger partial charge in [-0.3, -0.25) is 9.59 Å². The minimum absolute atomic E-state index is 0.118. The summed E-state index contributed by atoms with van der Waals surface area (Å²) in [6.07, 6.45) is 2.62. The van der Waals surface area contributed by atoms with Gasteiger partial charge in [-0.05, 0) is 12.3 Å². The van der Waals surface area contributed by atoms with E-state index in [1.54, 1.807) is 9.80 Å². The van der Waals surface area contributed by atoms with Gasteiger partial charge >= 0.3 is 0 Å². The lowest BCUT2D eigenvalue weighted by Gasteiger charge is -2.33. The van der Waals surface area contributed by atoms with E-state index in [0.29, 0.717) is 38.6 Å². The minimum atomic E-state index is -3.39. The molecule has 1 heterocycles. The molecule has 1 fully saturated rings. The van der Waals surface area contributed by atoms with E-state index in [0.717, 1.165) is 19.1 Å². The summed E-state index contributed by atoms with van der Waals surface area (Å²) in [7, 11) is -3.39. The van der Waals surface area contributed by atoms with Crippen LogP contribution in [0.1, 0.15) is 20.3 Å². The topological polar surface area (TPSA) is 78.0 Å². The van der Waals surface area contributed by atoms with Crippen molar-refractivity contribution in [3.63, 3.8) is 0 Å². The molecule has 1 aliphatic heterocycles. The molecule has 0 N–H and O–H groups in total. The van der Waals surface area contributed by atoms with E-state index in [1.165, 1.54) is 4.31 Å². The Kier molecular flexibility index (Phi) is 6.60. The second-order valence-corrected chi connectivity index (χ2v) is 7.78. The molecule has 1 rings (SSSR count). The van der Waals surface area contributed by atoms with Crippen LogP contribution in [0, 0.1) is 5.92 Å². The van der Waals surface area contributed by atoms with Crippen molar-refractivity contribution in [1.82, 2.24) is 14.1 Å². The molecule has 7 nitrogen and oxygen atoms in total. The fourth-order valence-electron chi connectivity index (χ4n) is 2.09. The molecular formula is C13H25N3O4S. The highest BCUT2D eigenvalue weighted by atomic mass is 32.2. The van der Waals surface area contributed by atoms with Crippen LogP contribution in [-0.4, -0.2) is 80.4 Å². The first-order chi connectivity index (χ1) is 9.74. The lowest BCUT2D eigenvalue weighted by molar-refractivity contribution is -0.135. The molecule has 0 saturated carbocycles. The average Bonchev–Trinajstić information content (AvgIpc) is 2.41. The van der Waals surface area contributed by atoms with E-state index in [4.69, 9.17) is 0 Å². The Morgan fingerprint density at radius 1 is 1.24 bits per heavy atom. The zero-order valence-electron chi connectivity index (χ0n) is 13.0. The predicted octanol–water partition coefficient (Wildman–Crippen LogP) is -0.405. The van der Waals surface area contributed by atoms with Crippen LogP contribution in [0.25, 0.3) is 0 Å². The first-order valence-corrected chi connectivity index (χ1v) is 9.01. The number of carbonyl (C=O) groups excluding carboxylic acids is 2. The minimum Gasteiger partial charge on any atom is -0.342 e. The molecule has 21 heavy (non-hydrogen) atoms. The number of nitrogens with zero attached hydrogens (tertiary/aromatic N) is 3. The normalized spacial score (nSPS) is 16.6. The Bertz CT molecular complexity index is 456. The van der Waals surface area contributed by atoms with Crippen molar-refractivity contribution < 1.29 is 18.0 Å². The highest BCUT2D eigenvalue weighted by Crippen LogP contribution is 2.08. The molecule has 0 atom stereocenters. The lowest BCUT2D eigenvalue weighted by Crippen LogP contribution is -2.51. The number of sulfonamides is 1. The van der Waals surface area contributed by atoms with Crippen molar-refractivity contribution in [3.8, 4) is 0 Å². The summed E-state index contributed by atoms with van der Waals surface area (Å²) >= 11 is 0. The van der Waals surface area contributed by atoms with Gasteiger partial charge < -0.3 is 9.80 Å². The second-order valence-electron chi connectivity index (χ2n) is 5.80. The molecule has 122 valence electrons. The van der Waals surface area contributed by atoms with Gasteiger partial charge in [-0.2, -0.15) is 4.31 Å². The van der Waals surface area contributed by atoms with Gasteiger partial charge in [0.15, 0.2) is 0 Å². The van der Waals surface area contributed by atoms with Crippen molar-refractivity contribution in [1.29, 1.82) is 0 Å². The van der Waals surface area contributed by atoms with Crippen LogP contribution < -0.4 is 0 Å². The van der Waals surface area contributed by atoms with Gasteiger partial charge in [0.25, 0.3) is 0 Å².